The number of aromatic nitrogens is 2. The average Bonchev–Trinajstić information content (AvgIpc) is 2.83. The van der Waals surface area contributed by atoms with Crippen molar-refractivity contribution in [2.75, 3.05) is 25.5 Å². The lowest BCUT2D eigenvalue weighted by Gasteiger charge is -2.38. The predicted octanol–water partition coefficient (Wildman–Crippen LogP) is 3.79. The van der Waals surface area contributed by atoms with Crippen LogP contribution in [-0.2, 0) is 0 Å². The summed E-state index contributed by atoms with van der Waals surface area (Å²) < 4.78 is 12.1. The van der Waals surface area contributed by atoms with E-state index in [0.717, 1.165) is 41.1 Å². The zero-order chi connectivity index (χ0) is 23.8. The lowest BCUT2D eigenvalue weighted by molar-refractivity contribution is 0.112. The maximum atomic E-state index is 12.1. The molecule has 0 bridgehead atoms. The Kier molecular flexibility index (Phi) is 7.99. The van der Waals surface area contributed by atoms with E-state index in [2.05, 4.69) is 26.8 Å². The van der Waals surface area contributed by atoms with Crippen LogP contribution in [0.15, 0.2) is 78.2 Å². The summed E-state index contributed by atoms with van der Waals surface area (Å²) in [6, 6.07) is 11.6. The summed E-state index contributed by atoms with van der Waals surface area (Å²) in [4.78, 5) is 25.6. The van der Waals surface area contributed by atoms with Crippen LogP contribution in [0.25, 0.3) is 10.9 Å². The minimum Gasteiger partial charge on any atom is -0.357 e. The molecule has 0 radical (unpaired) electrons. The Bertz CT molecular complexity index is 1180. The Morgan fingerprint density at radius 3 is 2.58 bits per heavy atom. The Morgan fingerprint density at radius 1 is 1.27 bits per heavy atom. The number of carbonyl (C=O) groups excluding carboxylic acids is 1. The molecule has 7 nitrogen and oxygen atoms in total. The third-order valence-electron chi connectivity index (χ3n) is 5.03. The number of rotatable bonds is 6. The van der Waals surface area contributed by atoms with Gasteiger partial charge in [-0.2, -0.15) is 0 Å². The fourth-order valence-corrected chi connectivity index (χ4v) is 3.21. The van der Waals surface area contributed by atoms with Crippen molar-refractivity contribution >= 4 is 28.8 Å². The van der Waals surface area contributed by atoms with Gasteiger partial charge in [0.25, 0.3) is 0 Å². The van der Waals surface area contributed by atoms with Crippen LogP contribution in [0.1, 0.15) is 22.8 Å². The first-order chi connectivity index (χ1) is 16.0. The minimum absolute atomic E-state index is 0.236. The van der Waals surface area contributed by atoms with E-state index in [1.165, 1.54) is 24.3 Å². The Balaban J connectivity index is 0.000000286. The summed E-state index contributed by atoms with van der Waals surface area (Å²) in [6.45, 7) is 7.57. The lowest BCUT2D eigenvalue weighted by Crippen LogP contribution is -2.54. The summed E-state index contributed by atoms with van der Waals surface area (Å²) >= 11 is 0. The topological polar surface area (TPSA) is 96.5 Å². The SMILES string of the molecule is C=C/C(=N\C(=C/C)N1CC(N)C1)c1ccc2cnc(NC)nc2c1.O=Cc1ccc(F)cc1. The van der Waals surface area contributed by atoms with Crippen molar-refractivity contribution in [3.8, 4) is 0 Å². The third-order valence-corrected chi connectivity index (χ3v) is 5.03. The fourth-order valence-electron chi connectivity index (χ4n) is 3.21. The number of halogens is 1. The lowest BCUT2D eigenvalue weighted by atomic mass is 10.1. The number of benzene rings is 2. The van der Waals surface area contributed by atoms with Crippen LogP contribution >= 0.6 is 0 Å². The second-order valence-electron chi connectivity index (χ2n) is 7.40. The molecule has 2 aromatic carbocycles. The molecule has 1 aromatic heterocycles. The van der Waals surface area contributed by atoms with E-state index in [1.807, 2.05) is 37.4 Å². The highest BCUT2D eigenvalue weighted by Gasteiger charge is 2.24. The second-order valence-corrected chi connectivity index (χ2v) is 7.40. The Morgan fingerprint density at radius 2 is 2.00 bits per heavy atom. The standard InChI is InChI=1S/C18H22N6.C7H5FO/c1-4-15(22-17(5-2)24-10-14(19)11-24)12-6-7-13-9-21-18(20-3)23-16(13)8-12;8-7-3-1-6(5-9)2-4-7/h4-9,14H,1,10-11,19H2,2-3H3,(H,20,21,23);1-5H/b17-5+,22-15+;. The van der Waals surface area contributed by atoms with Crippen LogP contribution in [0.3, 0.4) is 0 Å². The minimum atomic E-state index is -0.319. The van der Waals surface area contributed by atoms with Crippen LogP contribution in [0, 0.1) is 5.82 Å². The van der Waals surface area contributed by atoms with E-state index in [1.54, 1.807) is 13.1 Å². The first-order valence-corrected chi connectivity index (χ1v) is 10.5. The highest BCUT2D eigenvalue weighted by molar-refractivity contribution is 6.10. The van der Waals surface area contributed by atoms with Crippen LogP contribution in [0.2, 0.25) is 0 Å². The van der Waals surface area contributed by atoms with E-state index in [-0.39, 0.29) is 11.9 Å². The molecule has 8 heteroatoms. The molecule has 170 valence electrons. The maximum Gasteiger partial charge on any atom is 0.222 e. The van der Waals surface area contributed by atoms with Crippen LogP contribution in [0.4, 0.5) is 10.3 Å². The van der Waals surface area contributed by atoms with Crippen molar-refractivity contribution in [3.63, 3.8) is 0 Å². The smallest absolute Gasteiger partial charge is 0.222 e. The highest BCUT2D eigenvalue weighted by Crippen LogP contribution is 2.19. The van der Waals surface area contributed by atoms with Gasteiger partial charge in [-0.25, -0.2) is 19.4 Å². The number of carbonyl (C=O) groups is 1. The van der Waals surface area contributed by atoms with E-state index in [4.69, 9.17) is 10.7 Å². The molecule has 3 N–H and O–H groups in total. The monoisotopic (exact) mass is 446 g/mol. The van der Waals surface area contributed by atoms with Crippen LogP contribution in [0.5, 0.6) is 0 Å². The molecule has 0 unspecified atom stereocenters. The molecule has 0 aliphatic carbocycles. The van der Waals surface area contributed by atoms with Gasteiger partial charge in [0.2, 0.25) is 5.95 Å². The molecule has 1 aliphatic heterocycles. The van der Waals surface area contributed by atoms with Crippen molar-refractivity contribution in [2.45, 2.75) is 13.0 Å². The van der Waals surface area contributed by atoms with Gasteiger partial charge in [-0.05, 0) is 49.4 Å². The molecule has 1 saturated heterocycles. The second kappa shape index (κ2) is 11.1. The summed E-state index contributed by atoms with van der Waals surface area (Å²) in [6.07, 6.45) is 6.25. The van der Waals surface area contributed by atoms with Crippen LogP contribution in [-0.4, -0.2) is 53.0 Å². The molecule has 0 spiro atoms. The molecular formula is C25H27FN6O. The number of aliphatic imine (C=N–C) groups is 1. The van der Waals surface area contributed by atoms with Gasteiger partial charge in [0.1, 0.15) is 17.9 Å². The number of nitrogens with one attached hydrogen (secondary N) is 1. The van der Waals surface area contributed by atoms with Crippen molar-refractivity contribution < 1.29 is 9.18 Å². The number of hydrogen-bond donors (Lipinski definition) is 2. The summed E-state index contributed by atoms with van der Waals surface area (Å²) in [5.41, 5.74) is 9.02. The number of nitrogens with two attached hydrogens (primary N) is 1. The van der Waals surface area contributed by atoms with Gasteiger partial charge in [-0.1, -0.05) is 18.7 Å². The number of aldehydes is 1. The number of allylic oxidation sites excluding steroid dienone is 2. The average molecular weight is 447 g/mol. The van der Waals surface area contributed by atoms with Gasteiger partial charge < -0.3 is 16.0 Å². The van der Waals surface area contributed by atoms with Crippen LogP contribution < -0.4 is 11.1 Å². The van der Waals surface area contributed by atoms with Gasteiger partial charge in [-0.15, -0.1) is 0 Å². The molecule has 1 aliphatic rings. The van der Waals surface area contributed by atoms with E-state index in [0.29, 0.717) is 17.8 Å². The molecule has 3 aromatic rings. The molecule has 2 heterocycles. The number of likely N-dealkylation sites (tertiary alicyclic amines) is 1. The Labute approximate surface area is 192 Å². The van der Waals surface area contributed by atoms with Crippen molar-refractivity contribution in [1.29, 1.82) is 0 Å². The number of fused-ring (bicyclic) bond motifs is 1. The number of nitrogens with zero attached hydrogens (tertiary/aromatic N) is 4. The van der Waals surface area contributed by atoms with Gasteiger partial charge in [-0.3, -0.25) is 4.79 Å². The molecule has 0 atom stereocenters. The summed E-state index contributed by atoms with van der Waals surface area (Å²) in [7, 11) is 1.80. The van der Waals surface area contributed by atoms with Gasteiger partial charge >= 0.3 is 0 Å². The first kappa shape index (κ1) is 23.7. The largest absolute Gasteiger partial charge is 0.357 e. The highest BCUT2D eigenvalue weighted by atomic mass is 19.1. The van der Waals surface area contributed by atoms with E-state index >= 15 is 0 Å². The van der Waals surface area contributed by atoms with Gasteiger partial charge in [0.05, 0.1) is 11.2 Å². The zero-order valence-electron chi connectivity index (χ0n) is 18.7. The van der Waals surface area contributed by atoms with Gasteiger partial charge in [0.15, 0.2) is 0 Å². The third kappa shape index (κ3) is 6.08. The quantitative estimate of drug-likeness (QED) is 0.442. The van der Waals surface area contributed by atoms with E-state index in [9.17, 15) is 9.18 Å². The molecule has 33 heavy (non-hydrogen) atoms. The first-order valence-electron chi connectivity index (χ1n) is 10.5. The molecular weight excluding hydrogens is 419 g/mol. The summed E-state index contributed by atoms with van der Waals surface area (Å²) in [5.74, 6) is 1.20. The molecule has 0 amide bonds. The number of hydrogen-bond acceptors (Lipinski definition) is 7. The van der Waals surface area contributed by atoms with E-state index < -0.39 is 0 Å². The Hall–Kier alpha value is -3.91. The van der Waals surface area contributed by atoms with Crippen molar-refractivity contribution in [2.24, 2.45) is 10.7 Å². The molecule has 4 rings (SSSR count). The zero-order valence-corrected chi connectivity index (χ0v) is 18.7. The fraction of sp³-hybridized carbons (Fsp3) is 0.200. The van der Waals surface area contributed by atoms with Crippen molar-refractivity contribution in [3.05, 3.63) is 90.2 Å². The normalized spacial score (nSPS) is 14.2. The van der Waals surface area contributed by atoms with Gasteiger partial charge in [0, 0.05) is 48.9 Å². The van der Waals surface area contributed by atoms with Crippen molar-refractivity contribution in [1.82, 2.24) is 14.9 Å². The molecule has 0 saturated carbocycles. The number of anilines is 1. The maximum absolute atomic E-state index is 12.1. The molecule has 1 fully saturated rings. The predicted molar refractivity (Wildman–Crippen MR) is 131 cm³/mol. The summed E-state index contributed by atoms with van der Waals surface area (Å²) in [5, 5.41) is 3.94.